The summed E-state index contributed by atoms with van der Waals surface area (Å²) in [5.74, 6) is 7.09. The molecule has 6 nitrogen and oxygen atoms in total. The fraction of sp³-hybridized carbons (Fsp3) is 0.300. The number of likely N-dealkylation sites (tertiary alicyclic amines) is 1. The highest BCUT2D eigenvalue weighted by atomic mass is 19.4. The minimum atomic E-state index is -4.45. The first-order valence-corrected chi connectivity index (χ1v) is 12.6. The van der Waals surface area contributed by atoms with Crippen molar-refractivity contribution in [1.29, 1.82) is 0 Å². The summed E-state index contributed by atoms with van der Waals surface area (Å²) in [6, 6.07) is 16.8. The first-order chi connectivity index (χ1) is 18.7. The van der Waals surface area contributed by atoms with Crippen molar-refractivity contribution in [3.05, 3.63) is 89.0 Å². The average Bonchev–Trinajstić information content (AvgIpc) is 3.37. The Kier molecular flexibility index (Phi) is 7.15. The number of carbonyl (C=O) groups excluding carboxylic acids is 1. The van der Waals surface area contributed by atoms with E-state index in [9.17, 15) is 23.1 Å². The average molecular weight is 536 g/mol. The molecule has 3 atom stereocenters. The number of nitrogens with zero attached hydrogens (tertiary/aromatic N) is 2. The number of likely N-dealkylation sites (N-methyl/N-ethyl adjacent to an activating group) is 1. The van der Waals surface area contributed by atoms with Crippen molar-refractivity contribution >= 4 is 17.4 Å². The van der Waals surface area contributed by atoms with Crippen molar-refractivity contribution in [2.45, 2.75) is 24.7 Å². The molecule has 202 valence electrons. The number of halogens is 3. The van der Waals surface area contributed by atoms with Crippen LogP contribution < -0.4 is 15.0 Å². The third-order valence-corrected chi connectivity index (χ3v) is 7.52. The van der Waals surface area contributed by atoms with Crippen LogP contribution >= 0.6 is 0 Å². The predicted octanol–water partition coefficient (Wildman–Crippen LogP) is 5.52. The van der Waals surface area contributed by atoms with Crippen LogP contribution in [-0.2, 0) is 6.18 Å². The third-order valence-electron chi connectivity index (χ3n) is 7.52. The van der Waals surface area contributed by atoms with Gasteiger partial charge in [0.15, 0.2) is 0 Å². The van der Waals surface area contributed by atoms with Gasteiger partial charge in [-0.25, -0.2) is 4.79 Å². The summed E-state index contributed by atoms with van der Waals surface area (Å²) >= 11 is 0. The lowest BCUT2D eigenvalue weighted by Crippen LogP contribution is -2.48. The topological polar surface area (TPSA) is 65.0 Å². The van der Waals surface area contributed by atoms with Gasteiger partial charge in [-0.05, 0) is 78.7 Å². The first-order valence-electron chi connectivity index (χ1n) is 12.6. The van der Waals surface area contributed by atoms with Gasteiger partial charge >= 0.3 is 12.2 Å². The number of methoxy groups -OCH3 is 1. The molecule has 1 fully saturated rings. The van der Waals surface area contributed by atoms with Gasteiger partial charge < -0.3 is 25.0 Å². The maximum absolute atomic E-state index is 13.4. The monoisotopic (exact) mass is 535 g/mol. The quantitative estimate of drug-likeness (QED) is 0.434. The summed E-state index contributed by atoms with van der Waals surface area (Å²) in [4.78, 5) is 17.1. The number of hydrogen-bond donors (Lipinski definition) is 2. The van der Waals surface area contributed by atoms with Gasteiger partial charge in [0.1, 0.15) is 5.75 Å². The van der Waals surface area contributed by atoms with Gasteiger partial charge in [0.05, 0.1) is 31.4 Å². The highest BCUT2D eigenvalue weighted by Gasteiger charge is 2.47. The van der Waals surface area contributed by atoms with Crippen molar-refractivity contribution in [3.8, 4) is 17.6 Å². The van der Waals surface area contributed by atoms with Gasteiger partial charge in [-0.3, -0.25) is 0 Å². The van der Waals surface area contributed by atoms with Crippen LogP contribution in [0.1, 0.15) is 34.7 Å². The fourth-order valence-electron chi connectivity index (χ4n) is 5.52. The molecule has 2 amide bonds. The largest absolute Gasteiger partial charge is 0.497 e. The predicted molar refractivity (Wildman–Crippen MR) is 143 cm³/mol. The maximum Gasteiger partial charge on any atom is 0.416 e. The number of amides is 2. The van der Waals surface area contributed by atoms with E-state index in [4.69, 9.17) is 4.74 Å². The van der Waals surface area contributed by atoms with E-state index in [1.54, 1.807) is 12.0 Å². The molecule has 2 N–H and O–H groups in total. The maximum atomic E-state index is 13.4. The molecule has 2 heterocycles. The minimum Gasteiger partial charge on any atom is -0.497 e. The minimum absolute atomic E-state index is 0.0179. The number of hydrogen-bond acceptors (Lipinski definition) is 4. The Labute approximate surface area is 225 Å². The number of nitrogens with one attached hydrogen (secondary N) is 1. The third kappa shape index (κ3) is 5.25. The number of aliphatic hydroxyl groups excluding tert-OH is 1. The molecular weight excluding hydrogens is 507 g/mol. The molecule has 3 aromatic rings. The van der Waals surface area contributed by atoms with Gasteiger partial charge in [-0.1, -0.05) is 11.8 Å². The van der Waals surface area contributed by atoms with Crippen LogP contribution in [0.3, 0.4) is 0 Å². The van der Waals surface area contributed by atoms with Gasteiger partial charge in [-0.15, -0.1) is 0 Å². The molecule has 0 aliphatic carbocycles. The number of aliphatic hydroxyl groups is 1. The number of fused-ring (bicyclic) bond motifs is 3. The lowest BCUT2D eigenvalue weighted by molar-refractivity contribution is -0.137. The van der Waals surface area contributed by atoms with E-state index in [1.165, 1.54) is 12.1 Å². The highest BCUT2D eigenvalue weighted by Crippen LogP contribution is 2.48. The number of rotatable bonds is 3. The zero-order chi connectivity index (χ0) is 27.7. The fourth-order valence-corrected chi connectivity index (χ4v) is 5.52. The van der Waals surface area contributed by atoms with Crippen LogP contribution in [0.15, 0.2) is 66.7 Å². The Bertz CT molecular complexity index is 1410. The molecule has 9 heteroatoms. The Morgan fingerprint density at radius 1 is 1.05 bits per heavy atom. The lowest BCUT2D eigenvalue weighted by atomic mass is 9.81. The van der Waals surface area contributed by atoms with E-state index in [2.05, 4.69) is 22.1 Å². The molecule has 0 saturated carbocycles. The number of urea groups is 1. The SMILES string of the molecule is COc1ccc(C#Cc2ccc3c(c2)[C@H]2[C@H](CCN2C(=O)Nc2ccc(C(F)(F)F)cc2)[C@@H](CO)N3C)cc1. The second-order valence-corrected chi connectivity index (χ2v) is 9.71. The van der Waals surface area contributed by atoms with Crippen molar-refractivity contribution in [2.24, 2.45) is 5.92 Å². The van der Waals surface area contributed by atoms with Crippen LogP contribution in [0.5, 0.6) is 5.75 Å². The van der Waals surface area contributed by atoms with Crippen LogP contribution in [-0.4, -0.2) is 49.4 Å². The number of benzene rings is 3. The molecule has 0 spiro atoms. The van der Waals surface area contributed by atoms with Crippen molar-refractivity contribution < 1.29 is 27.8 Å². The van der Waals surface area contributed by atoms with E-state index in [0.29, 0.717) is 13.0 Å². The standard InChI is InChI=1S/C30H28F3N3O3/c1-35-26-14-7-20(4-3-19-5-12-23(39-2)13-6-19)17-25(26)28-24(27(35)18-37)15-16-36(28)29(38)34-22-10-8-21(9-11-22)30(31,32)33/h5-14,17,24,27-28,37H,15-16,18H2,1-2H3,(H,34,38)/t24-,27-,28-/m1/s1. The van der Waals surface area contributed by atoms with Crippen LogP contribution in [0.2, 0.25) is 0 Å². The Balaban J connectivity index is 1.43. The summed E-state index contributed by atoms with van der Waals surface area (Å²) in [7, 11) is 3.54. The molecule has 1 saturated heterocycles. The lowest BCUT2D eigenvalue weighted by Gasteiger charge is -2.44. The van der Waals surface area contributed by atoms with Crippen molar-refractivity contribution in [2.75, 3.05) is 37.5 Å². The number of anilines is 2. The normalized spacial score (nSPS) is 20.0. The van der Waals surface area contributed by atoms with E-state index >= 15 is 0 Å². The molecule has 3 aromatic carbocycles. The first kappa shape index (κ1) is 26.4. The van der Waals surface area contributed by atoms with Crippen molar-refractivity contribution in [1.82, 2.24) is 4.90 Å². The number of alkyl halides is 3. The molecule has 2 aliphatic heterocycles. The van der Waals surface area contributed by atoms with E-state index in [0.717, 1.165) is 40.3 Å². The molecule has 0 radical (unpaired) electrons. The van der Waals surface area contributed by atoms with Crippen LogP contribution in [0.25, 0.3) is 0 Å². The molecule has 0 bridgehead atoms. The molecular formula is C30H28F3N3O3. The Morgan fingerprint density at radius 3 is 2.36 bits per heavy atom. The molecule has 0 unspecified atom stereocenters. The smallest absolute Gasteiger partial charge is 0.416 e. The molecule has 5 rings (SSSR count). The highest BCUT2D eigenvalue weighted by molar-refractivity contribution is 5.90. The van der Waals surface area contributed by atoms with Gasteiger partial charge in [0.2, 0.25) is 0 Å². The Hall–Kier alpha value is -4.16. The number of carbonyl (C=O) groups is 1. The van der Waals surface area contributed by atoms with E-state index < -0.39 is 17.8 Å². The van der Waals surface area contributed by atoms with Crippen LogP contribution in [0, 0.1) is 17.8 Å². The molecule has 0 aromatic heterocycles. The molecule has 2 aliphatic rings. The second-order valence-electron chi connectivity index (χ2n) is 9.71. The van der Waals surface area contributed by atoms with Crippen molar-refractivity contribution in [3.63, 3.8) is 0 Å². The summed E-state index contributed by atoms with van der Waals surface area (Å²) in [6.07, 6.45) is -3.77. The summed E-state index contributed by atoms with van der Waals surface area (Å²) in [5, 5.41) is 13.0. The second kappa shape index (κ2) is 10.5. The summed E-state index contributed by atoms with van der Waals surface area (Å²) in [5.41, 5.74) is 2.95. The van der Waals surface area contributed by atoms with E-state index in [-0.39, 0.29) is 30.3 Å². The van der Waals surface area contributed by atoms with Crippen LogP contribution in [0.4, 0.5) is 29.3 Å². The van der Waals surface area contributed by atoms with E-state index in [1.807, 2.05) is 49.5 Å². The van der Waals surface area contributed by atoms with Gasteiger partial charge in [0.25, 0.3) is 0 Å². The zero-order valence-electron chi connectivity index (χ0n) is 21.5. The summed E-state index contributed by atoms with van der Waals surface area (Å²) in [6.45, 7) is 0.387. The molecule has 39 heavy (non-hydrogen) atoms. The van der Waals surface area contributed by atoms with Gasteiger partial charge in [0, 0.05) is 42.0 Å². The zero-order valence-corrected chi connectivity index (χ0v) is 21.5. The van der Waals surface area contributed by atoms with Gasteiger partial charge in [-0.2, -0.15) is 13.2 Å². The summed E-state index contributed by atoms with van der Waals surface area (Å²) < 4.78 is 44.0. The number of ether oxygens (including phenoxy) is 1. The Morgan fingerprint density at radius 2 is 1.72 bits per heavy atom.